The molecule has 0 fully saturated rings. The SMILES string of the molecule is CCNc1nc(CC)nc(Sc2ncn[nH]2)c1C. The number of aromatic amines is 1. The molecule has 2 aromatic heterocycles. The summed E-state index contributed by atoms with van der Waals surface area (Å²) in [5, 5.41) is 11.6. The van der Waals surface area contributed by atoms with Crippen molar-refractivity contribution in [2.45, 2.75) is 37.4 Å². The molecule has 0 radical (unpaired) electrons. The fourth-order valence-corrected chi connectivity index (χ4v) is 2.25. The first-order chi connectivity index (χ1) is 8.74. The maximum Gasteiger partial charge on any atom is 0.189 e. The van der Waals surface area contributed by atoms with Crippen LogP contribution in [0.4, 0.5) is 5.82 Å². The van der Waals surface area contributed by atoms with Crippen molar-refractivity contribution in [3.05, 3.63) is 17.7 Å². The van der Waals surface area contributed by atoms with Gasteiger partial charge in [0.15, 0.2) is 5.16 Å². The number of rotatable bonds is 5. The van der Waals surface area contributed by atoms with Gasteiger partial charge in [0.2, 0.25) is 0 Å². The first kappa shape index (κ1) is 12.8. The molecular weight excluding hydrogens is 248 g/mol. The molecule has 0 aliphatic rings. The largest absolute Gasteiger partial charge is 0.370 e. The van der Waals surface area contributed by atoms with Crippen molar-refractivity contribution in [1.29, 1.82) is 0 Å². The minimum absolute atomic E-state index is 0.737. The topological polar surface area (TPSA) is 79.4 Å². The van der Waals surface area contributed by atoms with E-state index < -0.39 is 0 Å². The number of aryl methyl sites for hydroxylation is 1. The number of anilines is 1. The lowest BCUT2D eigenvalue weighted by Gasteiger charge is -2.11. The number of aromatic nitrogens is 5. The highest BCUT2D eigenvalue weighted by atomic mass is 32.2. The molecule has 2 rings (SSSR count). The van der Waals surface area contributed by atoms with Gasteiger partial charge >= 0.3 is 0 Å². The average Bonchev–Trinajstić information content (AvgIpc) is 2.87. The van der Waals surface area contributed by atoms with E-state index in [0.717, 1.165) is 40.4 Å². The Hall–Kier alpha value is -1.63. The molecular formula is C11H16N6S. The normalized spacial score (nSPS) is 10.6. The predicted octanol–water partition coefficient (Wildman–Crippen LogP) is 2.05. The van der Waals surface area contributed by atoms with Gasteiger partial charge in [0.05, 0.1) is 0 Å². The highest BCUT2D eigenvalue weighted by molar-refractivity contribution is 7.99. The summed E-state index contributed by atoms with van der Waals surface area (Å²) in [6.45, 7) is 6.95. The second-order valence-electron chi connectivity index (χ2n) is 3.70. The number of nitrogens with one attached hydrogen (secondary N) is 2. The van der Waals surface area contributed by atoms with Crippen molar-refractivity contribution in [1.82, 2.24) is 25.1 Å². The van der Waals surface area contributed by atoms with E-state index in [0.29, 0.717) is 0 Å². The molecule has 0 aromatic carbocycles. The molecule has 0 spiro atoms. The molecule has 0 saturated heterocycles. The lowest BCUT2D eigenvalue weighted by molar-refractivity contribution is 0.866. The van der Waals surface area contributed by atoms with Crippen LogP contribution in [0.2, 0.25) is 0 Å². The lowest BCUT2D eigenvalue weighted by atomic mass is 10.3. The highest BCUT2D eigenvalue weighted by Crippen LogP contribution is 2.28. The second-order valence-corrected chi connectivity index (χ2v) is 4.67. The van der Waals surface area contributed by atoms with Crippen LogP contribution in [0.15, 0.2) is 16.5 Å². The number of H-pyrrole nitrogens is 1. The standard InChI is InChI=1S/C11H16N6S/c1-4-8-15-9(12-5-2)7(3)10(16-8)18-11-13-6-14-17-11/h6H,4-5H2,1-3H3,(H,12,15,16)(H,13,14,17). The van der Waals surface area contributed by atoms with Crippen LogP contribution in [-0.4, -0.2) is 31.7 Å². The van der Waals surface area contributed by atoms with Gasteiger partial charge in [-0.1, -0.05) is 6.92 Å². The quantitative estimate of drug-likeness (QED) is 0.805. The molecule has 0 bridgehead atoms. The van der Waals surface area contributed by atoms with E-state index in [9.17, 15) is 0 Å². The van der Waals surface area contributed by atoms with Crippen molar-refractivity contribution < 1.29 is 0 Å². The van der Waals surface area contributed by atoms with E-state index in [-0.39, 0.29) is 0 Å². The number of hydrogen-bond acceptors (Lipinski definition) is 6. The third kappa shape index (κ3) is 2.79. The molecule has 7 heteroatoms. The summed E-state index contributed by atoms with van der Waals surface area (Å²) in [6, 6.07) is 0. The van der Waals surface area contributed by atoms with Crippen LogP contribution >= 0.6 is 11.8 Å². The molecule has 2 N–H and O–H groups in total. The minimum atomic E-state index is 0.737. The molecule has 0 amide bonds. The van der Waals surface area contributed by atoms with Gasteiger partial charge in [0, 0.05) is 18.5 Å². The fourth-order valence-electron chi connectivity index (χ4n) is 1.47. The van der Waals surface area contributed by atoms with Gasteiger partial charge in [-0.25, -0.2) is 15.0 Å². The summed E-state index contributed by atoms with van der Waals surface area (Å²) in [4.78, 5) is 13.1. The Morgan fingerprint density at radius 1 is 1.33 bits per heavy atom. The van der Waals surface area contributed by atoms with E-state index >= 15 is 0 Å². The molecule has 0 aliphatic heterocycles. The Kier molecular flexibility index (Phi) is 4.14. The average molecular weight is 264 g/mol. The van der Waals surface area contributed by atoms with Crippen LogP contribution in [0.3, 0.4) is 0 Å². The van der Waals surface area contributed by atoms with Crippen LogP contribution in [0.25, 0.3) is 0 Å². The van der Waals surface area contributed by atoms with Crippen molar-refractivity contribution in [3.8, 4) is 0 Å². The van der Waals surface area contributed by atoms with Crippen LogP contribution in [0.1, 0.15) is 25.2 Å². The van der Waals surface area contributed by atoms with Crippen LogP contribution in [-0.2, 0) is 6.42 Å². The van der Waals surface area contributed by atoms with E-state index in [4.69, 9.17) is 0 Å². The summed E-state index contributed by atoms with van der Waals surface area (Å²) in [7, 11) is 0. The van der Waals surface area contributed by atoms with Gasteiger partial charge in [-0.2, -0.15) is 5.10 Å². The van der Waals surface area contributed by atoms with Crippen LogP contribution in [0, 0.1) is 6.92 Å². The Bertz CT molecular complexity index is 511. The molecule has 2 heterocycles. The first-order valence-electron chi connectivity index (χ1n) is 5.89. The maximum absolute atomic E-state index is 4.53. The summed E-state index contributed by atoms with van der Waals surface area (Å²) >= 11 is 1.47. The van der Waals surface area contributed by atoms with Gasteiger partial charge in [-0.15, -0.1) is 0 Å². The minimum Gasteiger partial charge on any atom is -0.370 e. The molecule has 0 atom stereocenters. The zero-order valence-corrected chi connectivity index (χ0v) is 11.5. The van der Waals surface area contributed by atoms with Crippen molar-refractivity contribution in [2.24, 2.45) is 0 Å². The smallest absolute Gasteiger partial charge is 0.189 e. The van der Waals surface area contributed by atoms with E-state index in [1.807, 2.05) is 13.8 Å². The molecule has 0 unspecified atom stereocenters. The number of hydrogen-bond donors (Lipinski definition) is 2. The fraction of sp³-hybridized carbons (Fsp3) is 0.455. The zero-order chi connectivity index (χ0) is 13.0. The van der Waals surface area contributed by atoms with Gasteiger partial charge < -0.3 is 5.32 Å². The van der Waals surface area contributed by atoms with E-state index in [1.165, 1.54) is 18.1 Å². The summed E-state index contributed by atoms with van der Waals surface area (Å²) < 4.78 is 0. The summed E-state index contributed by atoms with van der Waals surface area (Å²) in [5.74, 6) is 1.73. The highest BCUT2D eigenvalue weighted by Gasteiger charge is 2.12. The number of nitrogens with zero attached hydrogens (tertiary/aromatic N) is 4. The second kappa shape index (κ2) is 5.81. The Labute approximate surface area is 110 Å². The molecule has 2 aromatic rings. The van der Waals surface area contributed by atoms with Gasteiger partial charge in [-0.05, 0) is 25.6 Å². The molecule has 0 aliphatic carbocycles. The monoisotopic (exact) mass is 264 g/mol. The van der Waals surface area contributed by atoms with Crippen LogP contribution in [0.5, 0.6) is 0 Å². The van der Waals surface area contributed by atoms with Gasteiger partial charge in [0.25, 0.3) is 0 Å². The van der Waals surface area contributed by atoms with Gasteiger partial charge in [-0.3, -0.25) is 5.10 Å². The third-order valence-electron chi connectivity index (χ3n) is 2.39. The van der Waals surface area contributed by atoms with Crippen molar-refractivity contribution in [2.75, 3.05) is 11.9 Å². The Morgan fingerprint density at radius 2 is 2.17 bits per heavy atom. The lowest BCUT2D eigenvalue weighted by Crippen LogP contribution is -2.07. The molecule has 6 nitrogen and oxygen atoms in total. The third-order valence-corrected chi connectivity index (χ3v) is 3.38. The molecule has 0 saturated carbocycles. The Balaban J connectivity index is 2.35. The summed E-state index contributed by atoms with van der Waals surface area (Å²) in [5.41, 5.74) is 1.04. The maximum atomic E-state index is 4.53. The van der Waals surface area contributed by atoms with E-state index in [2.05, 4.69) is 37.4 Å². The Morgan fingerprint density at radius 3 is 2.78 bits per heavy atom. The van der Waals surface area contributed by atoms with Crippen molar-refractivity contribution in [3.63, 3.8) is 0 Å². The van der Waals surface area contributed by atoms with E-state index in [1.54, 1.807) is 0 Å². The summed E-state index contributed by atoms with van der Waals surface area (Å²) in [6.07, 6.45) is 2.30. The zero-order valence-electron chi connectivity index (χ0n) is 10.7. The molecule has 18 heavy (non-hydrogen) atoms. The van der Waals surface area contributed by atoms with Gasteiger partial charge in [0.1, 0.15) is 23.0 Å². The van der Waals surface area contributed by atoms with Crippen LogP contribution < -0.4 is 5.32 Å². The first-order valence-corrected chi connectivity index (χ1v) is 6.70. The van der Waals surface area contributed by atoms with Crippen molar-refractivity contribution >= 4 is 17.6 Å². The molecule has 96 valence electrons. The predicted molar refractivity (Wildman–Crippen MR) is 70.8 cm³/mol.